The Hall–Kier alpha value is -1.43. The molecular weight excluding hydrogens is 256 g/mol. The lowest BCUT2D eigenvalue weighted by Gasteiger charge is -2.19. The lowest BCUT2D eigenvalue weighted by molar-refractivity contribution is 0.521. The number of nitrogens with zero attached hydrogens (tertiary/aromatic N) is 2. The van der Waals surface area contributed by atoms with Gasteiger partial charge in [0.1, 0.15) is 0 Å². The van der Waals surface area contributed by atoms with Crippen molar-refractivity contribution in [1.82, 2.24) is 0 Å². The van der Waals surface area contributed by atoms with Gasteiger partial charge in [-0.25, -0.2) is 4.79 Å². The first kappa shape index (κ1) is 11.6. The minimum Gasteiger partial charge on any atom is -0.211 e. The summed E-state index contributed by atoms with van der Waals surface area (Å²) in [6.45, 7) is 3.58. The summed E-state index contributed by atoms with van der Waals surface area (Å²) in [6, 6.07) is 7.24. The van der Waals surface area contributed by atoms with Gasteiger partial charge in [0.15, 0.2) is 0 Å². The number of isocyanates is 1. The molecule has 76 valence electrons. The standard InChI is InChI=1S/C11H9BrN2O/c1-11(2,14-7-15)9-5-8(6-13)3-4-10(9)12/h3-5H,1-2H3. The second kappa shape index (κ2) is 4.39. The zero-order valence-electron chi connectivity index (χ0n) is 8.41. The summed E-state index contributed by atoms with van der Waals surface area (Å²) in [5.41, 5.74) is 0.667. The van der Waals surface area contributed by atoms with Crippen LogP contribution in [-0.4, -0.2) is 6.08 Å². The Morgan fingerprint density at radius 2 is 2.13 bits per heavy atom. The van der Waals surface area contributed by atoms with Gasteiger partial charge in [-0.05, 0) is 37.6 Å². The third-order valence-electron chi connectivity index (χ3n) is 2.08. The average molecular weight is 265 g/mol. The van der Waals surface area contributed by atoms with E-state index in [2.05, 4.69) is 20.9 Å². The van der Waals surface area contributed by atoms with Crippen molar-refractivity contribution in [1.29, 1.82) is 5.26 Å². The van der Waals surface area contributed by atoms with Crippen molar-refractivity contribution in [2.24, 2.45) is 4.99 Å². The van der Waals surface area contributed by atoms with Gasteiger partial charge in [-0.2, -0.15) is 10.3 Å². The Morgan fingerprint density at radius 1 is 1.47 bits per heavy atom. The van der Waals surface area contributed by atoms with E-state index in [9.17, 15) is 4.79 Å². The van der Waals surface area contributed by atoms with Crippen LogP contribution >= 0.6 is 15.9 Å². The third kappa shape index (κ3) is 2.53. The monoisotopic (exact) mass is 264 g/mol. The highest BCUT2D eigenvalue weighted by atomic mass is 79.9. The van der Waals surface area contributed by atoms with Crippen LogP contribution in [0.4, 0.5) is 0 Å². The minimum absolute atomic E-state index is 0.544. The van der Waals surface area contributed by atoms with Crippen LogP contribution in [0.3, 0.4) is 0 Å². The average Bonchev–Trinajstić information content (AvgIpc) is 2.18. The second-order valence-electron chi connectivity index (χ2n) is 3.57. The van der Waals surface area contributed by atoms with Gasteiger partial charge >= 0.3 is 0 Å². The first-order valence-electron chi connectivity index (χ1n) is 4.30. The molecule has 0 atom stereocenters. The molecule has 0 bridgehead atoms. The van der Waals surface area contributed by atoms with E-state index >= 15 is 0 Å². The first-order valence-corrected chi connectivity index (χ1v) is 5.09. The van der Waals surface area contributed by atoms with Crippen LogP contribution < -0.4 is 0 Å². The number of nitriles is 1. The summed E-state index contributed by atoms with van der Waals surface area (Å²) in [7, 11) is 0. The Balaban J connectivity index is 3.36. The number of benzene rings is 1. The Morgan fingerprint density at radius 3 is 2.67 bits per heavy atom. The largest absolute Gasteiger partial charge is 0.235 e. The SMILES string of the molecule is CC(C)(N=C=O)c1cc(C#N)ccc1Br. The fourth-order valence-corrected chi connectivity index (χ4v) is 1.97. The normalized spacial score (nSPS) is 10.3. The van der Waals surface area contributed by atoms with Gasteiger partial charge in [0.2, 0.25) is 6.08 Å². The lowest BCUT2D eigenvalue weighted by Crippen LogP contribution is -2.14. The van der Waals surface area contributed by atoms with Crippen molar-refractivity contribution in [3.8, 4) is 6.07 Å². The number of halogens is 1. The molecule has 15 heavy (non-hydrogen) atoms. The van der Waals surface area contributed by atoms with E-state index in [1.165, 1.54) is 0 Å². The molecular formula is C11H9BrN2O. The number of aliphatic imine (C=N–C) groups is 1. The minimum atomic E-state index is -0.673. The molecule has 0 saturated heterocycles. The third-order valence-corrected chi connectivity index (χ3v) is 2.77. The Kier molecular flexibility index (Phi) is 3.41. The van der Waals surface area contributed by atoms with Crippen LogP contribution in [-0.2, 0) is 10.3 Å². The van der Waals surface area contributed by atoms with Gasteiger partial charge < -0.3 is 0 Å². The highest BCUT2D eigenvalue weighted by Crippen LogP contribution is 2.31. The molecule has 0 amide bonds. The van der Waals surface area contributed by atoms with Crippen molar-refractivity contribution in [2.75, 3.05) is 0 Å². The van der Waals surface area contributed by atoms with E-state index in [-0.39, 0.29) is 0 Å². The number of carbonyl (C=O) groups excluding carboxylic acids is 1. The van der Waals surface area contributed by atoms with Gasteiger partial charge in [0.25, 0.3) is 0 Å². The van der Waals surface area contributed by atoms with Crippen molar-refractivity contribution < 1.29 is 4.79 Å². The van der Waals surface area contributed by atoms with Crippen LogP contribution in [0.1, 0.15) is 25.0 Å². The predicted molar refractivity (Wildman–Crippen MR) is 60.0 cm³/mol. The molecule has 0 heterocycles. The summed E-state index contributed by atoms with van der Waals surface area (Å²) >= 11 is 3.37. The quantitative estimate of drug-likeness (QED) is 0.609. The van der Waals surface area contributed by atoms with E-state index in [1.54, 1.807) is 38.1 Å². The zero-order chi connectivity index (χ0) is 11.5. The van der Waals surface area contributed by atoms with Crippen LogP contribution in [0.25, 0.3) is 0 Å². The summed E-state index contributed by atoms with van der Waals surface area (Å²) in [6.07, 6.45) is 1.54. The summed E-state index contributed by atoms with van der Waals surface area (Å²) < 4.78 is 0.825. The Bertz CT molecular complexity index is 468. The molecule has 1 rings (SSSR count). The van der Waals surface area contributed by atoms with Crippen LogP contribution in [0.15, 0.2) is 27.7 Å². The van der Waals surface area contributed by atoms with Crippen LogP contribution in [0.2, 0.25) is 0 Å². The molecule has 0 aromatic heterocycles. The lowest BCUT2D eigenvalue weighted by atomic mass is 9.94. The predicted octanol–water partition coefficient (Wildman–Crippen LogP) is 2.89. The molecule has 0 spiro atoms. The molecule has 1 aromatic rings. The molecule has 1 aromatic carbocycles. The molecule has 0 aliphatic carbocycles. The van der Waals surface area contributed by atoms with Crippen molar-refractivity contribution in [3.05, 3.63) is 33.8 Å². The molecule has 0 radical (unpaired) electrons. The first-order chi connectivity index (χ1) is 7.01. The number of hydrogen-bond donors (Lipinski definition) is 0. The highest BCUT2D eigenvalue weighted by molar-refractivity contribution is 9.10. The summed E-state index contributed by atoms with van der Waals surface area (Å²) in [5, 5.41) is 8.78. The molecule has 0 unspecified atom stereocenters. The van der Waals surface area contributed by atoms with E-state index in [1.807, 2.05) is 6.07 Å². The molecule has 0 saturated carbocycles. The van der Waals surface area contributed by atoms with E-state index in [0.717, 1.165) is 10.0 Å². The zero-order valence-corrected chi connectivity index (χ0v) is 10.00. The molecule has 0 aliphatic heterocycles. The van der Waals surface area contributed by atoms with Crippen molar-refractivity contribution in [3.63, 3.8) is 0 Å². The topological polar surface area (TPSA) is 53.2 Å². The number of hydrogen-bond acceptors (Lipinski definition) is 3. The van der Waals surface area contributed by atoms with Crippen LogP contribution in [0.5, 0.6) is 0 Å². The maximum Gasteiger partial charge on any atom is 0.235 e. The van der Waals surface area contributed by atoms with Gasteiger partial charge in [-0.3, -0.25) is 0 Å². The smallest absolute Gasteiger partial charge is 0.211 e. The summed E-state index contributed by atoms with van der Waals surface area (Å²) in [5.74, 6) is 0. The fraction of sp³-hybridized carbons (Fsp3) is 0.273. The maximum atomic E-state index is 10.3. The van der Waals surface area contributed by atoms with Gasteiger partial charge in [-0.1, -0.05) is 15.9 Å². The second-order valence-corrected chi connectivity index (χ2v) is 4.42. The highest BCUT2D eigenvalue weighted by Gasteiger charge is 2.22. The van der Waals surface area contributed by atoms with E-state index in [0.29, 0.717) is 5.56 Å². The molecule has 0 N–H and O–H groups in total. The van der Waals surface area contributed by atoms with Crippen LogP contribution in [0, 0.1) is 11.3 Å². The molecule has 3 nitrogen and oxygen atoms in total. The van der Waals surface area contributed by atoms with Crippen molar-refractivity contribution in [2.45, 2.75) is 19.4 Å². The maximum absolute atomic E-state index is 10.3. The number of rotatable bonds is 2. The van der Waals surface area contributed by atoms with Gasteiger partial charge in [-0.15, -0.1) is 0 Å². The van der Waals surface area contributed by atoms with E-state index < -0.39 is 5.54 Å². The molecule has 0 aliphatic rings. The van der Waals surface area contributed by atoms with Gasteiger partial charge in [0, 0.05) is 4.47 Å². The Labute approximate surface area is 96.6 Å². The van der Waals surface area contributed by atoms with Crippen molar-refractivity contribution >= 4 is 22.0 Å². The van der Waals surface area contributed by atoms with E-state index in [4.69, 9.17) is 5.26 Å². The molecule has 0 fully saturated rings. The fourth-order valence-electron chi connectivity index (χ4n) is 1.24. The summed E-state index contributed by atoms with van der Waals surface area (Å²) in [4.78, 5) is 14.0. The van der Waals surface area contributed by atoms with Gasteiger partial charge in [0.05, 0.1) is 17.2 Å². The molecule has 4 heteroatoms.